The van der Waals surface area contributed by atoms with Crippen LogP contribution < -0.4 is 10.6 Å². The number of Topliss-reactive ketones (excluding diaryl/α,β-unsaturated/α-hetero) is 1. The van der Waals surface area contributed by atoms with Crippen LogP contribution in [-0.2, 0) is 23.1 Å². The van der Waals surface area contributed by atoms with E-state index in [1.165, 1.54) is 19.1 Å². The number of nitrogens with zero attached hydrogens (tertiary/aromatic N) is 3. The number of carbonyl (C=O) groups is 3. The van der Waals surface area contributed by atoms with E-state index in [1.54, 1.807) is 35.9 Å². The summed E-state index contributed by atoms with van der Waals surface area (Å²) in [7, 11) is 1.69. The number of anilines is 2. The second kappa shape index (κ2) is 10.4. The van der Waals surface area contributed by atoms with Crippen molar-refractivity contribution in [3.63, 3.8) is 0 Å². The van der Waals surface area contributed by atoms with Crippen LogP contribution in [-0.4, -0.2) is 38.1 Å². The minimum Gasteiger partial charge on any atom is -0.326 e. The lowest BCUT2D eigenvalue weighted by Crippen LogP contribution is -2.17. The Bertz CT molecular complexity index is 1180. The van der Waals surface area contributed by atoms with Gasteiger partial charge < -0.3 is 15.2 Å². The van der Waals surface area contributed by atoms with Crippen molar-refractivity contribution in [1.82, 2.24) is 14.8 Å². The lowest BCUT2D eigenvalue weighted by Gasteiger charge is -2.07. The minimum atomic E-state index is -0.574. The Balaban J connectivity index is 1.54. The molecule has 2 amide bonds. The molecular formula is C21H19ClFN5O3S. The van der Waals surface area contributed by atoms with Crippen LogP contribution in [0.25, 0.3) is 0 Å². The number of hydrogen-bond acceptors (Lipinski definition) is 6. The van der Waals surface area contributed by atoms with Crippen molar-refractivity contribution < 1.29 is 18.8 Å². The first-order chi connectivity index (χ1) is 15.2. The highest BCUT2D eigenvalue weighted by atomic mass is 35.5. The maximum Gasteiger partial charge on any atom is 0.234 e. The molecule has 3 aromatic rings. The third-order valence-electron chi connectivity index (χ3n) is 4.33. The molecule has 1 aromatic heterocycles. The van der Waals surface area contributed by atoms with Crippen LogP contribution in [0, 0.1) is 5.82 Å². The summed E-state index contributed by atoms with van der Waals surface area (Å²) in [6, 6.07) is 10.6. The standard InChI is InChI=1S/C21H19ClFN5O3S/c1-12(29)13-4-3-5-14(8-13)25-20(31)11-32-21-27-26-18(28(21)2)10-19(30)24-15-6-7-17(23)16(22)9-15/h3-9H,10-11H2,1-2H3,(H,24,30)(H,25,31). The first kappa shape index (κ1) is 23.4. The number of rotatable bonds is 8. The summed E-state index contributed by atoms with van der Waals surface area (Å²) in [5, 5.41) is 13.7. The number of ketones is 1. The molecule has 32 heavy (non-hydrogen) atoms. The smallest absolute Gasteiger partial charge is 0.234 e. The van der Waals surface area contributed by atoms with Gasteiger partial charge >= 0.3 is 0 Å². The molecule has 0 spiro atoms. The molecule has 0 aliphatic carbocycles. The normalized spacial score (nSPS) is 10.6. The van der Waals surface area contributed by atoms with Crippen molar-refractivity contribution in [3.8, 4) is 0 Å². The SMILES string of the molecule is CC(=O)c1cccc(NC(=O)CSc2nnc(CC(=O)Nc3ccc(F)c(Cl)c3)n2C)c1. The number of carbonyl (C=O) groups excluding carboxylic acids is 3. The third-order valence-corrected chi connectivity index (χ3v) is 5.64. The number of aromatic nitrogens is 3. The summed E-state index contributed by atoms with van der Waals surface area (Å²) < 4.78 is 14.8. The molecule has 0 fully saturated rings. The molecule has 0 radical (unpaired) electrons. The van der Waals surface area contributed by atoms with Gasteiger partial charge in [0.2, 0.25) is 11.8 Å². The van der Waals surface area contributed by atoms with E-state index in [0.29, 0.717) is 27.9 Å². The quantitative estimate of drug-likeness (QED) is 0.380. The van der Waals surface area contributed by atoms with Crippen molar-refractivity contribution >= 4 is 52.3 Å². The maximum atomic E-state index is 13.2. The fourth-order valence-electron chi connectivity index (χ4n) is 2.69. The monoisotopic (exact) mass is 475 g/mol. The van der Waals surface area contributed by atoms with Crippen LogP contribution in [0.15, 0.2) is 47.6 Å². The highest BCUT2D eigenvalue weighted by Gasteiger charge is 2.15. The van der Waals surface area contributed by atoms with E-state index >= 15 is 0 Å². The van der Waals surface area contributed by atoms with Crippen LogP contribution in [0.1, 0.15) is 23.1 Å². The molecule has 0 aliphatic heterocycles. The van der Waals surface area contributed by atoms with Gasteiger partial charge in [0.25, 0.3) is 0 Å². The van der Waals surface area contributed by atoms with Gasteiger partial charge in [0.1, 0.15) is 11.6 Å². The number of benzene rings is 2. The summed E-state index contributed by atoms with van der Waals surface area (Å²) in [5.74, 6) is -0.845. The zero-order valence-corrected chi connectivity index (χ0v) is 18.8. The number of amides is 2. The molecule has 0 unspecified atom stereocenters. The van der Waals surface area contributed by atoms with E-state index in [9.17, 15) is 18.8 Å². The van der Waals surface area contributed by atoms with Gasteiger partial charge in [-0.3, -0.25) is 14.4 Å². The van der Waals surface area contributed by atoms with E-state index < -0.39 is 5.82 Å². The molecule has 2 aromatic carbocycles. The summed E-state index contributed by atoms with van der Waals surface area (Å²) in [6.45, 7) is 1.46. The summed E-state index contributed by atoms with van der Waals surface area (Å²) in [5.41, 5.74) is 1.40. The first-order valence-electron chi connectivity index (χ1n) is 9.39. The highest BCUT2D eigenvalue weighted by Crippen LogP contribution is 2.20. The predicted octanol–water partition coefficient (Wildman–Crippen LogP) is 3.72. The van der Waals surface area contributed by atoms with Gasteiger partial charge in [0.05, 0.1) is 17.2 Å². The maximum absolute atomic E-state index is 13.2. The lowest BCUT2D eigenvalue weighted by molar-refractivity contribution is -0.116. The predicted molar refractivity (Wildman–Crippen MR) is 121 cm³/mol. The summed E-state index contributed by atoms with van der Waals surface area (Å²) in [4.78, 5) is 36.0. The van der Waals surface area contributed by atoms with Gasteiger partial charge in [-0.2, -0.15) is 0 Å². The van der Waals surface area contributed by atoms with Crippen molar-refractivity contribution in [3.05, 3.63) is 64.7 Å². The Kier molecular flexibility index (Phi) is 7.60. The van der Waals surface area contributed by atoms with E-state index in [1.807, 2.05) is 0 Å². The Morgan fingerprint density at radius 1 is 1.06 bits per heavy atom. The first-order valence-corrected chi connectivity index (χ1v) is 10.8. The van der Waals surface area contributed by atoms with Gasteiger partial charge in [-0.15, -0.1) is 10.2 Å². The van der Waals surface area contributed by atoms with Crippen molar-refractivity contribution in [1.29, 1.82) is 0 Å². The zero-order valence-electron chi connectivity index (χ0n) is 17.2. The van der Waals surface area contributed by atoms with Gasteiger partial charge in [-0.1, -0.05) is 35.5 Å². The van der Waals surface area contributed by atoms with E-state index in [4.69, 9.17) is 11.6 Å². The number of hydrogen-bond donors (Lipinski definition) is 2. The van der Waals surface area contributed by atoms with Crippen LogP contribution in [0.4, 0.5) is 15.8 Å². The molecule has 0 aliphatic rings. The minimum absolute atomic E-state index is 0.0660. The van der Waals surface area contributed by atoms with Crippen LogP contribution >= 0.6 is 23.4 Å². The van der Waals surface area contributed by atoms with Crippen molar-refractivity contribution in [2.45, 2.75) is 18.5 Å². The average Bonchev–Trinajstić information content (AvgIpc) is 3.08. The second-order valence-corrected chi connectivity index (χ2v) is 8.14. The summed E-state index contributed by atoms with van der Waals surface area (Å²) >= 11 is 6.88. The van der Waals surface area contributed by atoms with Crippen LogP contribution in [0.2, 0.25) is 5.02 Å². The Morgan fingerprint density at radius 2 is 1.78 bits per heavy atom. The van der Waals surface area contributed by atoms with Gasteiger partial charge in [-0.25, -0.2) is 4.39 Å². The Labute approximate surface area is 192 Å². The highest BCUT2D eigenvalue weighted by molar-refractivity contribution is 7.99. The second-order valence-electron chi connectivity index (χ2n) is 6.79. The molecule has 166 valence electrons. The molecule has 0 saturated heterocycles. The molecule has 0 saturated carbocycles. The van der Waals surface area contributed by atoms with E-state index in [0.717, 1.165) is 17.8 Å². The van der Waals surface area contributed by atoms with E-state index in [-0.39, 0.29) is 34.8 Å². The summed E-state index contributed by atoms with van der Waals surface area (Å²) in [6.07, 6.45) is -0.0664. The molecule has 2 N–H and O–H groups in total. The largest absolute Gasteiger partial charge is 0.326 e. The molecule has 11 heteroatoms. The average molecular weight is 476 g/mol. The van der Waals surface area contributed by atoms with Gasteiger partial charge in [0.15, 0.2) is 10.9 Å². The molecule has 0 bridgehead atoms. The Morgan fingerprint density at radius 3 is 2.50 bits per heavy atom. The fraction of sp³-hybridized carbons (Fsp3) is 0.190. The van der Waals surface area contributed by atoms with Crippen molar-refractivity contribution in [2.24, 2.45) is 7.05 Å². The number of nitrogens with one attached hydrogen (secondary N) is 2. The molecule has 3 rings (SSSR count). The van der Waals surface area contributed by atoms with Gasteiger partial charge in [-0.05, 0) is 37.3 Å². The topological polar surface area (TPSA) is 106 Å². The third kappa shape index (κ3) is 6.14. The Hall–Kier alpha value is -3.24. The van der Waals surface area contributed by atoms with Crippen LogP contribution in [0.3, 0.4) is 0 Å². The van der Waals surface area contributed by atoms with Crippen molar-refractivity contribution in [2.75, 3.05) is 16.4 Å². The zero-order chi connectivity index (χ0) is 23.3. The molecule has 1 heterocycles. The number of thioether (sulfide) groups is 1. The fourth-order valence-corrected chi connectivity index (χ4v) is 3.60. The lowest BCUT2D eigenvalue weighted by atomic mass is 10.1. The van der Waals surface area contributed by atoms with Gasteiger partial charge in [0, 0.05) is 24.0 Å². The molecular weight excluding hydrogens is 457 g/mol. The van der Waals surface area contributed by atoms with Crippen LogP contribution in [0.5, 0.6) is 0 Å². The number of halogens is 2. The molecule has 0 atom stereocenters. The van der Waals surface area contributed by atoms with E-state index in [2.05, 4.69) is 20.8 Å². The molecule has 8 nitrogen and oxygen atoms in total.